The molecule has 11 heteroatoms. The Hall–Kier alpha value is -2.69. The standard InChI is InChI=1S/C21H22ClF3N6O.C2H6/c1-13-17-18(22)16(20(32)28-15-4-2-14(3-5-15)21(23,24)25)12-27-19(17)31(29-13)11-10-30-8-6-26-7-9-30;1-2/h2-5,12,26H,6-11H2,1H3,(H,28,32);1-2H3. The number of alkyl halides is 3. The Morgan fingerprint density at radius 1 is 1.15 bits per heavy atom. The first kappa shape index (κ1) is 25.9. The predicted octanol–water partition coefficient (Wildman–Crippen LogP) is 4.60. The van der Waals surface area contributed by atoms with Crippen molar-refractivity contribution in [2.75, 3.05) is 38.0 Å². The van der Waals surface area contributed by atoms with Crippen LogP contribution in [-0.2, 0) is 12.7 Å². The van der Waals surface area contributed by atoms with Gasteiger partial charge in [-0.3, -0.25) is 9.69 Å². The number of amides is 1. The van der Waals surface area contributed by atoms with E-state index in [1.165, 1.54) is 18.3 Å². The number of hydrogen-bond acceptors (Lipinski definition) is 5. The van der Waals surface area contributed by atoms with Crippen molar-refractivity contribution in [3.05, 3.63) is 52.3 Å². The maximum absolute atomic E-state index is 12.7. The first-order valence-corrected chi connectivity index (χ1v) is 11.5. The summed E-state index contributed by atoms with van der Waals surface area (Å²) in [6.45, 7) is 11.1. The van der Waals surface area contributed by atoms with Gasteiger partial charge in [-0.2, -0.15) is 18.3 Å². The van der Waals surface area contributed by atoms with E-state index in [9.17, 15) is 18.0 Å². The monoisotopic (exact) mass is 496 g/mol. The zero-order valence-electron chi connectivity index (χ0n) is 19.3. The van der Waals surface area contributed by atoms with Gasteiger partial charge in [-0.05, 0) is 31.2 Å². The summed E-state index contributed by atoms with van der Waals surface area (Å²) in [5, 5.41) is 11.2. The number of rotatable bonds is 5. The Morgan fingerprint density at radius 3 is 2.41 bits per heavy atom. The number of pyridine rings is 1. The zero-order valence-corrected chi connectivity index (χ0v) is 20.1. The van der Waals surface area contributed by atoms with Crippen LogP contribution in [0.4, 0.5) is 18.9 Å². The maximum Gasteiger partial charge on any atom is 0.416 e. The average Bonchev–Trinajstić information content (AvgIpc) is 3.15. The van der Waals surface area contributed by atoms with Crippen LogP contribution >= 0.6 is 11.6 Å². The largest absolute Gasteiger partial charge is 0.416 e. The molecule has 3 heterocycles. The van der Waals surface area contributed by atoms with Crippen molar-refractivity contribution in [3.63, 3.8) is 0 Å². The second-order valence-corrected chi connectivity index (χ2v) is 7.99. The van der Waals surface area contributed by atoms with Crippen molar-refractivity contribution in [2.45, 2.75) is 33.5 Å². The molecule has 184 valence electrons. The van der Waals surface area contributed by atoms with Gasteiger partial charge in [-0.25, -0.2) is 9.67 Å². The molecule has 0 spiro atoms. The van der Waals surface area contributed by atoms with Crippen LogP contribution in [0.1, 0.15) is 35.5 Å². The molecule has 1 fully saturated rings. The number of aromatic nitrogens is 3. The van der Waals surface area contributed by atoms with E-state index in [1.807, 2.05) is 13.8 Å². The first-order chi connectivity index (χ1) is 16.2. The lowest BCUT2D eigenvalue weighted by Gasteiger charge is -2.26. The number of piperazine rings is 1. The molecule has 7 nitrogen and oxygen atoms in total. The molecule has 0 bridgehead atoms. The highest BCUT2D eigenvalue weighted by Crippen LogP contribution is 2.31. The summed E-state index contributed by atoms with van der Waals surface area (Å²) in [5.41, 5.74) is 0.808. The third-order valence-corrected chi connectivity index (χ3v) is 5.82. The van der Waals surface area contributed by atoms with E-state index in [2.05, 4.69) is 25.6 Å². The molecule has 1 saturated heterocycles. The van der Waals surface area contributed by atoms with Crippen LogP contribution < -0.4 is 10.6 Å². The van der Waals surface area contributed by atoms with E-state index in [-0.39, 0.29) is 16.3 Å². The van der Waals surface area contributed by atoms with Crippen LogP contribution in [0.25, 0.3) is 11.0 Å². The van der Waals surface area contributed by atoms with Crippen LogP contribution in [0, 0.1) is 6.92 Å². The zero-order chi connectivity index (χ0) is 24.9. The fraction of sp³-hybridized carbons (Fsp3) is 0.435. The number of carbonyl (C=O) groups excluding carboxylic acids is 1. The third kappa shape index (κ3) is 5.86. The van der Waals surface area contributed by atoms with Crippen molar-refractivity contribution >= 4 is 34.2 Å². The molecule has 1 amide bonds. The Bertz CT molecular complexity index is 1120. The van der Waals surface area contributed by atoms with Gasteiger partial charge >= 0.3 is 6.18 Å². The molecule has 1 aliphatic heterocycles. The number of nitrogens with one attached hydrogen (secondary N) is 2. The molecule has 0 radical (unpaired) electrons. The quantitative estimate of drug-likeness (QED) is 0.540. The van der Waals surface area contributed by atoms with Crippen molar-refractivity contribution in [1.82, 2.24) is 25.0 Å². The summed E-state index contributed by atoms with van der Waals surface area (Å²) < 4.78 is 40.0. The number of aryl methyl sites for hydroxylation is 1. The second-order valence-electron chi connectivity index (χ2n) is 7.61. The summed E-state index contributed by atoms with van der Waals surface area (Å²) >= 11 is 6.53. The lowest BCUT2D eigenvalue weighted by Crippen LogP contribution is -2.44. The van der Waals surface area contributed by atoms with Crippen molar-refractivity contribution in [2.24, 2.45) is 0 Å². The van der Waals surface area contributed by atoms with Crippen LogP contribution in [0.5, 0.6) is 0 Å². The van der Waals surface area contributed by atoms with E-state index in [4.69, 9.17) is 11.6 Å². The van der Waals surface area contributed by atoms with Gasteiger partial charge in [0.2, 0.25) is 0 Å². The lowest BCUT2D eigenvalue weighted by atomic mass is 10.1. The molecule has 0 unspecified atom stereocenters. The van der Waals surface area contributed by atoms with Crippen molar-refractivity contribution < 1.29 is 18.0 Å². The van der Waals surface area contributed by atoms with Gasteiger partial charge in [0, 0.05) is 44.6 Å². The van der Waals surface area contributed by atoms with Crippen molar-refractivity contribution in [3.8, 4) is 0 Å². The summed E-state index contributed by atoms with van der Waals surface area (Å²) in [7, 11) is 0. The number of anilines is 1. The van der Waals surface area contributed by atoms with Gasteiger partial charge < -0.3 is 10.6 Å². The Labute approximate surface area is 201 Å². The summed E-state index contributed by atoms with van der Waals surface area (Å²) in [6.07, 6.45) is -3.07. The Morgan fingerprint density at radius 2 is 1.79 bits per heavy atom. The van der Waals surface area contributed by atoms with Gasteiger partial charge in [0.25, 0.3) is 5.91 Å². The summed E-state index contributed by atoms with van der Waals surface area (Å²) in [5.74, 6) is -0.558. The number of hydrogen-bond donors (Lipinski definition) is 2. The van der Waals surface area contributed by atoms with Crippen LogP contribution in [0.15, 0.2) is 30.5 Å². The number of carbonyl (C=O) groups is 1. The topological polar surface area (TPSA) is 75.1 Å². The molecular weight excluding hydrogens is 469 g/mol. The van der Waals surface area contributed by atoms with Gasteiger partial charge in [-0.15, -0.1) is 0 Å². The molecule has 0 saturated carbocycles. The minimum atomic E-state index is -4.44. The van der Waals surface area contributed by atoms with Gasteiger partial charge in [0.15, 0.2) is 5.65 Å². The lowest BCUT2D eigenvalue weighted by molar-refractivity contribution is -0.137. The SMILES string of the molecule is CC.Cc1nn(CCN2CCNCC2)c2ncc(C(=O)Nc3ccc(C(F)(F)F)cc3)c(Cl)c12. The third-order valence-electron chi connectivity index (χ3n) is 5.42. The maximum atomic E-state index is 12.7. The number of fused-ring (bicyclic) bond motifs is 1. The van der Waals surface area contributed by atoms with E-state index >= 15 is 0 Å². The summed E-state index contributed by atoms with van der Waals surface area (Å²) in [6, 6.07) is 4.20. The number of benzene rings is 1. The van der Waals surface area contributed by atoms with E-state index in [0.717, 1.165) is 44.9 Å². The minimum absolute atomic E-state index is 0.129. The van der Waals surface area contributed by atoms with Gasteiger partial charge in [0.1, 0.15) is 0 Å². The van der Waals surface area contributed by atoms with E-state index < -0.39 is 17.6 Å². The molecule has 34 heavy (non-hydrogen) atoms. The van der Waals surface area contributed by atoms with E-state index in [0.29, 0.717) is 23.3 Å². The highest BCUT2D eigenvalue weighted by Gasteiger charge is 2.30. The number of nitrogens with zero attached hydrogens (tertiary/aromatic N) is 4. The Kier molecular flexibility index (Phi) is 8.51. The molecule has 2 aromatic heterocycles. The van der Waals surface area contributed by atoms with Gasteiger partial charge in [-0.1, -0.05) is 25.4 Å². The smallest absolute Gasteiger partial charge is 0.322 e. The Balaban J connectivity index is 0.00000158. The normalized spacial score (nSPS) is 14.6. The average molecular weight is 497 g/mol. The number of halogens is 4. The van der Waals surface area contributed by atoms with Crippen LogP contribution in [-0.4, -0.2) is 58.3 Å². The highest BCUT2D eigenvalue weighted by molar-refractivity contribution is 6.39. The molecule has 1 aromatic carbocycles. The molecule has 1 aliphatic rings. The fourth-order valence-corrected chi connectivity index (χ4v) is 4.06. The van der Waals surface area contributed by atoms with Gasteiger partial charge in [0.05, 0.1) is 33.8 Å². The first-order valence-electron chi connectivity index (χ1n) is 11.2. The second kappa shape index (κ2) is 11.2. The van der Waals surface area contributed by atoms with E-state index in [1.54, 1.807) is 11.6 Å². The van der Waals surface area contributed by atoms with Crippen LogP contribution in [0.3, 0.4) is 0 Å². The molecular formula is C23H28ClF3N6O. The summed E-state index contributed by atoms with van der Waals surface area (Å²) in [4.78, 5) is 19.5. The molecule has 4 rings (SSSR count). The highest BCUT2D eigenvalue weighted by atomic mass is 35.5. The molecule has 0 atom stereocenters. The van der Waals surface area contributed by atoms with Crippen LogP contribution in [0.2, 0.25) is 5.02 Å². The predicted molar refractivity (Wildman–Crippen MR) is 127 cm³/mol. The minimum Gasteiger partial charge on any atom is -0.322 e. The molecule has 2 N–H and O–H groups in total. The fourth-order valence-electron chi connectivity index (χ4n) is 3.70. The van der Waals surface area contributed by atoms with Crippen molar-refractivity contribution in [1.29, 1.82) is 0 Å². The molecule has 3 aromatic rings. The molecule has 0 aliphatic carbocycles.